The molecule has 0 aliphatic carbocycles. The van der Waals surface area contributed by atoms with E-state index in [9.17, 15) is 4.79 Å². The van der Waals surface area contributed by atoms with Crippen LogP contribution in [0.4, 0.5) is 5.69 Å². The second-order valence-corrected chi connectivity index (χ2v) is 7.74. The van der Waals surface area contributed by atoms with Crippen LogP contribution in [-0.2, 0) is 24.3 Å². The molecule has 1 aliphatic heterocycles. The maximum Gasteiger partial charge on any atom is 0.227 e. The van der Waals surface area contributed by atoms with Crippen molar-refractivity contribution in [1.29, 1.82) is 0 Å². The van der Waals surface area contributed by atoms with Crippen molar-refractivity contribution in [3.63, 3.8) is 0 Å². The van der Waals surface area contributed by atoms with Crippen molar-refractivity contribution in [3.8, 4) is 0 Å². The average molecular weight is 366 g/mol. The number of likely N-dealkylation sites (N-methyl/N-ethyl adjacent to an activating group) is 1. The van der Waals surface area contributed by atoms with E-state index < -0.39 is 0 Å². The lowest BCUT2D eigenvalue weighted by molar-refractivity contribution is -0.129. The summed E-state index contributed by atoms with van der Waals surface area (Å²) in [6, 6.07) is 16.7. The van der Waals surface area contributed by atoms with Gasteiger partial charge in [-0.2, -0.15) is 0 Å². The number of anilines is 1. The topological polar surface area (TPSA) is 26.8 Å². The van der Waals surface area contributed by atoms with Crippen LogP contribution in [0.3, 0.4) is 0 Å². The largest absolute Gasteiger partial charge is 0.378 e. The van der Waals surface area contributed by atoms with Crippen LogP contribution in [0.2, 0.25) is 0 Å². The molecule has 1 amide bonds. The molecule has 0 aromatic heterocycles. The van der Waals surface area contributed by atoms with Crippen molar-refractivity contribution in [1.82, 2.24) is 9.80 Å². The lowest BCUT2D eigenvalue weighted by atomic mass is 10.1. The van der Waals surface area contributed by atoms with Crippen molar-refractivity contribution in [2.24, 2.45) is 0 Å². The Labute approximate surface area is 163 Å². The standard InChI is InChI=1S/C23H31N3O/c1-24(2)22-12-10-19(11-13-22)16-23(27)25(3)17-20-8-4-5-9-21(20)18-26-14-6-7-15-26/h4-5,8-13H,6-7,14-18H2,1-3H3. The number of carbonyl (C=O) groups excluding carboxylic acids is 1. The third kappa shape index (κ3) is 5.33. The van der Waals surface area contributed by atoms with Gasteiger partial charge in [-0.3, -0.25) is 9.69 Å². The van der Waals surface area contributed by atoms with Crippen molar-refractivity contribution >= 4 is 11.6 Å². The highest BCUT2D eigenvalue weighted by atomic mass is 16.2. The fraction of sp³-hybridized carbons (Fsp3) is 0.435. The molecule has 2 aromatic rings. The van der Waals surface area contributed by atoms with E-state index >= 15 is 0 Å². The first-order chi connectivity index (χ1) is 13.0. The molecule has 2 aromatic carbocycles. The van der Waals surface area contributed by atoms with Crippen LogP contribution >= 0.6 is 0 Å². The van der Waals surface area contributed by atoms with Crippen LogP contribution in [0.25, 0.3) is 0 Å². The van der Waals surface area contributed by atoms with Gasteiger partial charge < -0.3 is 9.80 Å². The van der Waals surface area contributed by atoms with E-state index in [-0.39, 0.29) is 5.91 Å². The zero-order valence-corrected chi connectivity index (χ0v) is 16.8. The van der Waals surface area contributed by atoms with Crippen LogP contribution in [0, 0.1) is 0 Å². The second kappa shape index (κ2) is 9.05. The average Bonchev–Trinajstić information content (AvgIpc) is 3.17. The van der Waals surface area contributed by atoms with Gasteiger partial charge in [-0.05, 0) is 54.8 Å². The summed E-state index contributed by atoms with van der Waals surface area (Å²) < 4.78 is 0. The highest BCUT2D eigenvalue weighted by molar-refractivity contribution is 5.78. The maximum atomic E-state index is 12.7. The molecule has 1 saturated heterocycles. The van der Waals surface area contributed by atoms with Gasteiger partial charge in [-0.15, -0.1) is 0 Å². The number of carbonyl (C=O) groups is 1. The van der Waals surface area contributed by atoms with Gasteiger partial charge in [-0.1, -0.05) is 36.4 Å². The van der Waals surface area contributed by atoms with Gasteiger partial charge in [0.1, 0.15) is 0 Å². The number of amides is 1. The highest BCUT2D eigenvalue weighted by Gasteiger charge is 2.16. The van der Waals surface area contributed by atoms with Crippen LogP contribution < -0.4 is 4.90 Å². The normalized spacial score (nSPS) is 14.3. The summed E-state index contributed by atoms with van der Waals surface area (Å²) in [7, 11) is 5.95. The van der Waals surface area contributed by atoms with Crippen molar-refractivity contribution < 1.29 is 4.79 Å². The molecule has 0 saturated carbocycles. The molecule has 0 N–H and O–H groups in total. The first kappa shape index (κ1) is 19.4. The van der Waals surface area contributed by atoms with Gasteiger partial charge in [0.05, 0.1) is 6.42 Å². The smallest absolute Gasteiger partial charge is 0.227 e. The monoisotopic (exact) mass is 365 g/mol. The Hall–Kier alpha value is -2.33. The molecular weight excluding hydrogens is 334 g/mol. The summed E-state index contributed by atoms with van der Waals surface area (Å²) in [5, 5.41) is 0. The first-order valence-corrected chi connectivity index (χ1v) is 9.82. The third-order valence-corrected chi connectivity index (χ3v) is 5.35. The number of rotatable bonds is 7. The van der Waals surface area contributed by atoms with Crippen LogP contribution in [-0.4, -0.2) is 49.9 Å². The lowest BCUT2D eigenvalue weighted by Crippen LogP contribution is -2.28. The van der Waals surface area contributed by atoms with E-state index in [4.69, 9.17) is 0 Å². The Balaban J connectivity index is 1.60. The molecule has 0 spiro atoms. The summed E-state index contributed by atoms with van der Waals surface area (Å²) in [5.41, 5.74) is 4.80. The van der Waals surface area contributed by atoms with Gasteiger partial charge in [0.15, 0.2) is 0 Å². The molecule has 4 heteroatoms. The van der Waals surface area contributed by atoms with Gasteiger partial charge >= 0.3 is 0 Å². The molecule has 1 aliphatic rings. The molecule has 0 unspecified atom stereocenters. The fourth-order valence-corrected chi connectivity index (χ4v) is 3.61. The molecular formula is C23H31N3O. The number of benzene rings is 2. The zero-order valence-electron chi connectivity index (χ0n) is 16.8. The van der Waals surface area contributed by atoms with Crippen molar-refractivity contribution in [3.05, 3.63) is 65.2 Å². The van der Waals surface area contributed by atoms with E-state index in [0.29, 0.717) is 13.0 Å². The zero-order chi connectivity index (χ0) is 19.2. The quantitative estimate of drug-likeness (QED) is 0.751. The molecule has 0 bridgehead atoms. The maximum absolute atomic E-state index is 12.7. The Morgan fingerprint density at radius 3 is 2.19 bits per heavy atom. The molecule has 1 fully saturated rings. The highest BCUT2D eigenvalue weighted by Crippen LogP contribution is 2.18. The molecule has 27 heavy (non-hydrogen) atoms. The molecule has 3 rings (SSSR count). The summed E-state index contributed by atoms with van der Waals surface area (Å²) in [4.78, 5) is 19.1. The molecule has 0 atom stereocenters. The molecule has 0 radical (unpaired) electrons. The molecule has 4 nitrogen and oxygen atoms in total. The minimum absolute atomic E-state index is 0.156. The number of hydrogen-bond acceptors (Lipinski definition) is 3. The number of nitrogens with zero attached hydrogens (tertiary/aromatic N) is 3. The van der Waals surface area contributed by atoms with Crippen LogP contribution in [0.5, 0.6) is 0 Å². The number of likely N-dealkylation sites (tertiary alicyclic amines) is 1. The fourth-order valence-electron chi connectivity index (χ4n) is 3.61. The summed E-state index contributed by atoms with van der Waals surface area (Å²) in [6.45, 7) is 4.03. The van der Waals surface area contributed by atoms with Gasteiger partial charge in [-0.25, -0.2) is 0 Å². The number of hydrogen-bond donors (Lipinski definition) is 0. The molecule has 1 heterocycles. The van der Waals surface area contributed by atoms with Gasteiger partial charge in [0.25, 0.3) is 0 Å². The third-order valence-electron chi connectivity index (χ3n) is 5.35. The van der Waals surface area contributed by atoms with Crippen LogP contribution in [0.15, 0.2) is 48.5 Å². The summed E-state index contributed by atoms with van der Waals surface area (Å²) in [5.74, 6) is 0.156. The van der Waals surface area contributed by atoms with Gasteiger partial charge in [0.2, 0.25) is 5.91 Å². The van der Waals surface area contributed by atoms with Gasteiger partial charge in [0, 0.05) is 39.9 Å². The van der Waals surface area contributed by atoms with E-state index in [0.717, 1.165) is 17.8 Å². The SMILES string of the molecule is CN(Cc1ccccc1CN1CCCC1)C(=O)Cc1ccc(N(C)C)cc1. The summed E-state index contributed by atoms with van der Waals surface area (Å²) in [6.07, 6.45) is 3.04. The minimum Gasteiger partial charge on any atom is -0.378 e. The minimum atomic E-state index is 0.156. The predicted octanol–water partition coefficient (Wildman–Crippen LogP) is 3.55. The van der Waals surface area contributed by atoms with Crippen molar-refractivity contribution in [2.75, 3.05) is 39.1 Å². The van der Waals surface area contributed by atoms with E-state index in [1.165, 1.54) is 37.1 Å². The van der Waals surface area contributed by atoms with E-state index in [2.05, 4.69) is 46.2 Å². The second-order valence-electron chi connectivity index (χ2n) is 7.74. The Kier molecular flexibility index (Phi) is 6.51. The first-order valence-electron chi connectivity index (χ1n) is 9.82. The predicted molar refractivity (Wildman–Crippen MR) is 112 cm³/mol. The lowest BCUT2D eigenvalue weighted by Gasteiger charge is -2.22. The summed E-state index contributed by atoms with van der Waals surface area (Å²) >= 11 is 0. The van der Waals surface area contributed by atoms with Crippen molar-refractivity contribution in [2.45, 2.75) is 32.4 Å². The van der Waals surface area contributed by atoms with E-state index in [1.54, 1.807) is 0 Å². The Morgan fingerprint density at radius 1 is 0.926 bits per heavy atom. The Morgan fingerprint density at radius 2 is 1.56 bits per heavy atom. The molecule has 144 valence electrons. The Bertz CT molecular complexity index is 748. The van der Waals surface area contributed by atoms with E-state index in [1.807, 2.05) is 38.2 Å². The van der Waals surface area contributed by atoms with Crippen LogP contribution in [0.1, 0.15) is 29.5 Å².